The molecule has 6 heteroatoms. The molecule has 1 aromatic carbocycles. The van der Waals surface area contributed by atoms with Gasteiger partial charge < -0.3 is 5.32 Å². The molecule has 3 nitrogen and oxygen atoms in total. The van der Waals surface area contributed by atoms with E-state index < -0.39 is 0 Å². The van der Waals surface area contributed by atoms with Gasteiger partial charge >= 0.3 is 0 Å². The number of hydrogen-bond acceptors (Lipinski definition) is 3. The molecular formula is C10H10Br2N2OS. The minimum Gasteiger partial charge on any atom is -0.323 e. The highest BCUT2D eigenvalue weighted by molar-refractivity contribution is 9.11. The number of rotatable bonds is 2. The molecule has 0 aliphatic carbocycles. The molecule has 1 atom stereocenters. The Hall–Kier alpha value is -0.0400. The van der Waals surface area contributed by atoms with Crippen LogP contribution in [0.15, 0.2) is 27.1 Å². The van der Waals surface area contributed by atoms with Gasteiger partial charge in [-0.1, -0.05) is 6.07 Å². The molecule has 0 saturated carbocycles. The van der Waals surface area contributed by atoms with Crippen LogP contribution in [0.25, 0.3) is 0 Å². The van der Waals surface area contributed by atoms with Crippen LogP contribution in [-0.4, -0.2) is 23.6 Å². The molecule has 2 N–H and O–H groups in total. The fraction of sp³-hybridized carbons (Fsp3) is 0.300. The molecule has 86 valence electrons. The lowest BCUT2D eigenvalue weighted by atomic mass is 10.2. The molecule has 1 aromatic rings. The summed E-state index contributed by atoms with van der Waals surface area (Å²) < 4.78 is 1.75. The van der Waals surface area contributed by atoms with Crippen molar-refractivity contribution >= 4 is 55.2 Å². The number of hydrogen-bond donors (Lipinski definition) is 2. The van der Waals surface area contributed by atoms with Crippen molar-refractivity contribution in [3.8, 4) is 0 Å². The van der Waals surface area contributed by atoms with Crippen LogP contribution in [0.3, 0.4) is 0 Å². The highest BCUT2D eigenvalue weighted by Crippen LogP contribution is 2.30. The first-order valence-electron chi connectivity index (χ1n) is 4.74. The summed E-state index contributed by atoms with van der Waals surface area (Å²) in [6.07, 6.45) is 0. The van der Waals surface area contributed by atoms with Gasteiger partial charge in [0.2, 0.25) is 5.91 Å². The van der Waals surface area contributed by atoms with Gasteiger partial charge in [0.05, 0.1) is 11.7 Å². The maximum Gasteiger partial charge on any atom is 0.242 e. The van der Waals surface area contributed by atoms with Crippen LogP contribution in [0.4, 0.5) is 5.69 Å². The first-order valence-corrected chi connectivity index (χ1v) is 7.48. The summed E-state index contributed by atoms with van der Waals surface area (Å²) in [5.41, 5.74) is 0.784. The summed E-state index contributed by atoms with van der Waals surface area (Å²) in [4.78, 5) is 11.9. The van der Waals surface area contributed by atoms with E-state index in [0.717, 1.165) is 26.3 Å². The number of thioether (sulfide) groups is 1. The Bertz CT molecular complexity index is 388. The third-order valence-electron chi connectivity index (χ3n) is 2.24. The summed E-state index contributed by atoms with van der Waals surface area (Å²) in [7, 11) is 0. The van der Waals surface area contributed by atoms with Crippen molar-refractivity contribution in [3.05, 3.63) is 27.1 Å². The molecule has 1 fully saturated rings. The monoisotopic (exact) mass is 364 g/mol. The quantitative estimate of drug-likeness (QED) is 0.846. The summed E-state index contributed by atoms with van der Waals surface area (Å²) in [5.74, 6) is 1.68. The first kappa shape index (κ1) is 12.4. The van der Waals surface area contributed by atoms with Crippen molar-refractivity contribution in [1.29, 1.82) is 0 Å². The summed E-state index contributed by atoms with van der Waals surface area (Å²) in [5, 5.41) is 6.05. The van der Waals surface area contributed by atoms with Gasteiger partial charge in [0, 0.05) is 20.6 Å². The molecule has 1 amide bonds. The van der Waals surface area contributed by atoms with E-state index in [9.17, 15) is 4.79 Å². The second kappa shape index (κ2) is 5.53. The zero-order chi connectivity index (χ0) is 11.5. The maximum absolute atomic E-state index is 11.9. The number of halogens is 2. The van der Waals surface area contributed by atoms with Crippen molar-refractivity contribution in [3.63, 3.8) is 0 Å². The number of carbonyl (C=O) groups excluding carboxylic acids is 1. The van der Waals surface area contributed by atoms with E-state index in [2.05, 4.69) is 42.5 Å². The Balaban J connectivity index is 2.11. The Labute approximate surface area is 115 Å². The van der Waals surface area contributed by atoms with Crippen molar-refractivity contribution in [2.24, 2.45) is 0 Å². The van der Waals surface area contributed by atoms with Gasteiger partial charge in [-0.2, -0.15) is 0 Å². The van der Waals surface area contributed by atoms with Crippen LogP contribution in [0.2, 0.25) is 0 Å². The van der Waals surface area contributed by atoms with Crippen LogP contribution in [0.5, 0.6) is 0 Å². The Morgan fingerprint density at radius 2 is 2.12 bits per heavy atom. The number of amides is 1. The smallest absolute Gasteiger partial charge is 0.242 e. The van der Waals surface area contributed by atoms with E-state index in [1.54, 1.807) is 11.8 Å². The predicted octanol–water partition coefficient (Wildman–Crippen LogP) is 2.81. The van der Waals surface area contributed by atoms with Gasteiger partial charge in [0.25, 0.3) is 0 Å². The molecule has 16 heavy (non-hydrogen) atoms. The number of nitrogens with one attached hydrogen (secondary N) is 2. The lowest BCUT2D eigenvalue weighted by Crippen LogP contribution is -2.37. The van der Waals surface area contributed by atoms with Gasteiger partial charge in [-0.3, -0.25) is 10.1 Å². The molecule has 0 spiro atoms. The lowest BCUT2D eigenvalue weighted by molar-refractivity contribution is -0.117. The average Bonchev–Trinajstić information content (AvgIpc) is 2.76. The Morgan fingerprint density at radius 3 is 2.69 bits per heavy atom. The number of anilines is 1. The third kappa shape index (κ3) is 2.80. The lowest BCUT2D eigenvalue weighted by Gasteiger charge is -2.13. The molecule has 1 unspecified atom stereocenters. The highest BCUT2D eigenvalue weighted by atomic mass is 79.9. The van der Waals surface area contributed by atoms with E-state index in [4.69, 9.17) is 0 Å². The SMILES string of the molecule is O=C(Nc1c(Br)cccc1Br)C1CSCN1. The van der Waals surface area contributed by atoms with Crippen LogP contribution < -0.4 is 10.6 Å². The molecular weight excluding hydrogens is 356 g/mol. The topological polar surface area (TPSA) is 41.1 Å². The number of carbonyl (C=O) groups is 1. The molecule has 1 saturated heterocycles. The van der Waals surface area contributed by atoms with Crippen molar-refractivity contribution < 1.29 is 4.79 Å². The normalized spacial score (nSPS) is 19.8. The molecule has 0 aromatic heterocycles. The standard InChI is InChI=1S/C10H10Br2N2OS/c11-6-2-1-3-7(12)9(6)14-10(15)8-4-16-5-13-8/h1-3,8,13H,4-5H2,(H,14,15). The van der Waals surface area contributed by atoms with Gasteiger partial charge in [0.15, 0.2) is 0 Å². The van der Waals surface area contributed by atoms with Crippen LogP contribution in [-0.2, 0) is 4.79 Å². The van der Waals surface area contributed by atoms with Gasteiger partial charge in [-0.15, -0.1) is 11.8 Å². The zero-order valence-corrected chi connectivity index (χ0v) is 12.3. The summed E-state index contributed by atoms with van der Waals surface area (Å²) in [6, 6.07) is 5.62. The molecule has 1 aliphatic rings. The first-order chi connectivity index (χ1) is 7.68. The molecule has 0 bridgehead atoms. The molecule has 0 radical (unpaired) electrons. The van der Waals surface area contributed by atoms with Gasteiger partial charge in [-0.25, -0.2) is 0 Å². The van der Waals surface area contributed by atoms with E-state index in [1.165, 1.54) is 0 Å². The van der Waals surface area contributed by atoms with Gasteiger partial charge in [-0.05, 0) is 44.0 Å². The zero-order valence-electron chi connectivity index (χ0n) is 8.30. The Morgan fingerprint density at radius 1 is 1.44 bits per heavy atom. The number of para-hydroxylation sites is 1. The van der Waals surface area contributed by atoms with E-state index in [0.29, 0.717) is 0 Å². The Kier molecular flexibility index (Phi) is 4.29. The van der Waals surface area contributed by atoms with Crippen molar-refractivity contribution in [2.45, 2.75) is 6.04 Å². The second-order valence-electron chi connectivity index (χ2n) is 3.36. The minimum atomic E-state index is -0.0935. The largest absolute Gasteiger partial charge is 0.323 e. The van der Waals surface area contributed by atoms with E-state index in [1.807, 2.05) is 18.2 Å². The van der Waals surface area contributed by atoms with Crippen molar-refractivity contribution in [1.82, 2.24) is 5.32 Å². The molecule has 2 rings (SSSR count). The second-order valence-corrected chi connectivity index (χ2v) is 6.10. The maximum atomic E-state index is 11.9. The van der Waals surface area contributed by atoms with E-state index in [-0.39, 0.29) is 11.9 Å². The van der Waals surface area contributed by atoms with E-state index >= 15 is 0 Å². The summed E-state index contributed by atoms with van der Waals surface area (Å²) >= 11 is 8.56. The number of benzene rings is 1. The average molecular weight is 366 g/mol. The third-order valence-corrected chi connectivity index (χ3v) is 4.51. The fourth-order valence-corrected chi connectivity index (χ4v) is 3.53. The van der Waals surface area contributed by atoms with Gasteiger partial charge in [0.1, 0.15) is 0 Å². The summed E-state index contributed by atoms with van der Waals surface area (Å²) in [6.45, 7) is 0. The molecule has 1 aliphatic heterocycles. The minimum absolute atomic E-state index is 0.0117. The highest BCUT2D eigenvalue weighted by Gasteiger charge is 2.23. The van der Waals surface area contributed by atoms with Crippen LogP contribution >= 0.6 is 43.6 Å². The predicted molar refractivity (Wildman–Crippen MR) is 74.7 cm³/mol. The van der Waals surface area contributed by atoms with Crippen LogP contribution in [0.1, 0.15) is 0 Å². The fourth-order valence-electron chi connectivity index (χ4n) is 1.39. The van der Waals surface area contributed by atoms with Crippen molar-refractivity contribution in [2.75, 3.05) is 16.9 Å². The molecule has 1 heterocycles. The van der Waals surface area contributed by atoms with Crippen LogP contribution in [0, 0.1) is 0 Å².